The molecule has 0 aliphatic rings. The maximum atomic E-state index is 13.7. The van der Waals surface area contributed by atoms with Crippen molar-refractivity contribution < 1.29 is 13.2 Å². The first kappa shape index (κ1) is 15.7. The zero-order valence-corrected chi connectivity index (χ0v) is 13.9. The van der Waals surface area contributed by atoms with Crippen LogP contribution in [-0.4, -0.2) is 6.54 Å². The molecule has 0 saturated carbocycles. The minimum Gasteiger partial charge on any atom is -0.466 e. The maximum absolute atomic E-state index is 13.7. The van der Waals surface area contributed by atoms with Gasteiger partial charge in [-0.05, 0) is 62.5 Å². The van der Waals surface area contributed by atoms with E-state index in [0.717, 1.165) is 23.5 Å². The van der Waals surface area contributed by atoms with Gasteiger partial charge in [0, 0.05) is 0 Å². The summed E-state index contributed by atoms with van der Waals surface area (Å²) in [6, 6.07) is 4.07. The molecule has 2 aromatic rings. The monoisotopic (exact) mass is 407 g/mol. The third-order valence-corrected chi connectivity index (χ3v) is 4.34. The van der Waals surface area contributed by atoms with E-state index in [2.05, 4.69) is 37.2 Å². The molecule has 0 radical (unpaired) electrons. The van der Waals surface area contributed by atoms with E-state index in [1.165, 1.54) is 0 Å². The second-order valence-electron chi connectivity index (χ2n) is 4.28. The Morgan fingerprint density at radius 3 is 2.60 bits per heavy atom. The molecule has 0 fully saturated rings. The highest BCUT2D eigenvalue weighted by Crippen LogP contribution is 2.35. The van der Waals surface area contributed by atoms with Gasteiger partial charge in [0.2, 0.25) is 0 Å². The molecular weight excluding hydrogens is 396 g/mol. The minimum absolute atomic E-state index is 0.106. The van der Waals surface area contributed by atoms with Gasteiger partial charge in [0.1, 0.15) is 5.76 Å². The quantitative estimate of drug-likeness (QED) is 0.690. The summed E-state index contributed by atoms with van der Waals surface area (Å²) in [6.07, 6.45) is 2.46. The molecule has 1 unspecified atom stereocenters. The van der Waals surface area contributed by atoms with Crippen LogP contribution in [0.25, 0.3) is 0 Å². The topological polar surface area (TPSA) is 25.2 Å². The number of rotatable bonds is 5. The normalized spacial score (nSPS) is 12.7. The lowest BCUT2D eigenvalue weighted by molar-refractivity contribution is 0.439. The van der Waals surface area contributed by atoms with Crippen LogP contribution in [0.4, 0.5) is 8.78 Å². The van der Waals surface area contributed by atoms with E-state index in [1.54, 1.807) is 18.4 Å². The van der Waals surface area contributed by atoms with Gasteiger partial charge in [0.15, 0.2) is 11.6 Å². The van der Waals surface area contributed by atoms with Crippen LogP contribution >= 0.6 is 31.9 Å². The first-order valence-corrected chi connectivity index (χ1v) is 7.74. The summed E-state index contributed by atoms with van der Waals surface area (Å²) in [7, 11) is 0. The predicted octanol–water partition coefficient (Wildman–Crippen LogP) is 5.17. The molecule has 2 rings (SSSR count). The molecule has 0 aliphatic heterocycles. The average Bonchev–Trinajstić information content (AvgIpc) is 2.85. The fourth-order valence-electron chi connectivity index (χ4n) is 1.91. The summed E-state index contributed by atoms with van der Waals surface area (Å²) in [6.45, 7) is 2.75. The van der Waals surface area contributed by atoms with Crippen molar-refractivity contribution in [1.29, 1.82) is 0 Å². The van der Waals surface area contributed by atoms with Gasteiger partial charge >= 0.3 is 0 Å². The molecule has 2 nitrogen and oxygen atoms in total. The number of benzene rings is 1. The Bertz CT molecular complexity index is 601. The Labute approximate surface area is 132 Å². The van der Waals surface area contributed by atoms with Crippen LogP contribution in [0, 0.1) is 11.6 Å². The first-order valence-electron chi connectivity index (χ1n) is 6.16. The highest BCUT2D eigenvalue weighted by atomic mass is 79.9. The predicted molar refractivity (Wildman–Crippen MR) is 80.6 cm³/mol. The zero-order valence-electron chi connectivity index (χ0n) is 10.7. The molecule has 0 bridgehead atoms. The summed E-state index contributed by atoms with van der Waals surface area (Å²) in [4.78, 5) is 0. The van der Waals surface area contributed by atoms with Crippen molar-refractivity contribution in [2.45, 2.75) is 19.4 Å². The number of furan rings is 1. The van der Waals surface area contributed by atoms with Crippen molar-refractivity contribution in [3.63, 3.8) is 0 Å². The Kier molecular flexibility index (Phi) is 5.35. The molecule has 20 heavy (non-hydrogen) atoms. The highest BCUT2D eigenvalue weighted by Gasteiger charge is 2.24. The van der Waals surface area contributed by atoms with Crippen molar-refractivity contribution >= 4 is 31.9 Å². The van der Waals surface area contributed by atoms with E-state index in [1.807, 2.05) is 6.92 Å². The molecule has 0 spiro atoms. The van der Waals surface area contributed by atoms with Crippen LogP contribution < -0.4 is 5.32 Å². The smallest absolute Gasteiger partial charge is 0.173 e. The summed E-state index contributed by atoms with van der Waals surface area (Å²) >= 11 is 6.52. The third kappa shape index (κ3) is 3.13. The Morgan fingerprint density at radius 2 is 2.00 bits per heavy atom. The van der Waals surface area contributed by atoms with Crippen LogP contribution in [0.3, 0.4) is 0 Å². The lowest BCUT2D eigenvalue weighted by Gasteiger charge is -2.19. The van der Waals surface area contributed by atoms with Gasteiger partial charge in [-0.25, -0.2) is 8.78 Å². The number of hydrogen-bond donors (Lipinski definition) is 1. The van der Waals surface area contributed by atoms with E-state index in [0.29, 0.717) is 11.3 Å². The Hall–Kier alpha value is -0.720. The summed E-state index contributed by atoms with van der Waals surface area (Å²) in [5, 5.41) is 3.27. The van der Waals surface area contributed by atoms with Crippen LogP contribution in [0.2, 0.25) is 0 Å². The Morgan fingerprint density at radius 1 is 1.25 bits per heavy atom. The van der Waals surface area contributed by atoms with E-state index >= 15 is 0 Å². The molecule has 1 heterocycles. The van der Waals surface area contributed by atoms with Gasteiger partial charge in [-0.3, -0.25) is 0 Å². The molecule has 1 aromatic heterocycles. The molecule has 1 atom stereocenters. The maximum Gasteiger partial charge on any atom is 0.173 e. The third-order valence-electron chi connectivity index (χ3n) is 2.88. The van der Waals surface area contributed by atoms with Crippen LogP contribution in [0.1, 0.15) is 30.7 Å². The minimum atomic E-state index is -0.895. The van der Waals surface area contributed by atoms with Gasteiger partial charge in [-0.15, -0.1) is 0 Å². The SMILES string of the molecule is CCCNC(c1ccc(F)c(F)c1Br)c1occc1Br. The number of nitrogens with one attached hydrogen (secondary N) is 1. The van der Waals surface area contributed by atoms with Crippen molar-refractivity contribution in [3.05, 3.63) is 56.4 Å². The molecule has 6 heteroatoms. The standard InChI is InChI=1S/C14H13Br2F2NO/c1-2-6-19-13(14-9(15)5-7-20-14)8-3-4-10(17)12(18)11(8)16/h3-5,7,13,19H,2,6H2,1H3. The number of hydrogen-bond acceptors (Lipinski definition) is 2. The van der Waals surface area contributed by atoms with Gasteiger partial charge in [-0.1, -0.05) is 13.0 Å². The van der Waals surface area contributed by atoms with E-state index in [9.17, 15) is 8.78 Å². The summed E-state index contributed by atoms with van der Waals surface area (Å²) < 4.78 is 33.3. The number of halogens is 4. The van der Waals surface area contributed by atoms with E-state index in [4.69, 9.17) is 4.42 Å². The molecule has 0 aliphatic carbocycles. The summed E-state index contributed by atoms with van der Waals surface area (Å²) in [5.41, 5.74) is 0.591. The van der Waals surface area contributed by atoms with Crippen LogP contribution in [0.15, 0.2) is 37.8 Å². The second-order valence-corrected chi connectivity index (χ2v) is 5.93. The van der Waals surface area contributed by atoms with E-state index < -0.39 is 11.6 Å². The molecule has 1 N–H and O–H groups in total. The molecule has 0 amide bonds. The lowest BCUT2D eigenvalue weighted by Crippen LogP contribution is -2.23. The van der Waals surface area contributed by atoms with Gasteiger partial charge in [0.05, 0.1) is 21.3 Å². The van der Waals surface area contributed by atoms with Crippen LogP contribution in [-0.2, 0) is 0 Å². The van der Waals surface area contributed by atoms with Gasteiger partial charge < -0.3 is 9.73 Å². The fourth-order valence-corrected chi connectivity index (χ4v) is 2.89. The van der Waals surface area contributed by atoms with Gasteiger partial charge in [-0.2, -0.15) is 0 Å². The van der Waals surface area contributed by atoms with Gasteiger partial charge in [0.25, 0.3) is 0 Å². The molecule has 108 valence electrons. The highest BCUT2D eigenvalue weighted by molar-refractivity contribution is 9.10. The zero-order chi connectivity index (χ0) is 14.7. The first-order chi connectivity index (χ1) is 9.56. The largest absolute Gasteiger partial charge is 0.466 e. The average molecular weight is 409 g/mol. The Balaban J connectivity index is 2.47. The second kappa shape index (κ2) is 6.83. The van der Waals surface area contributed by atoms with Crippen molar-refractivity contribution in [1.82, 2.24) is 5.32 Å². The van der Waals surface area contributed by atoms with Crippen LogP contribution in [0.5, 0.6) is 0 Å². The summed E-state index contributed by atoms with van der Waals surface area (Å²) in [5.74, 6) is -1.15. The van der Waals surface area contributed by atoms with Crippen molar-refractivity contribution in [3.8, 4) is 0 Å². The molecule has 1 aromatic carbocycles. The molecular formula is C14H13Br2F2NO. The lowest BCUT2D eigenvalue weighted by atomic mass is 10.0. The fraction of sp³-hybridized carbons (Fsp3) is 0.286. The van der Waals surface area contributed by atoms with Crippen molar-refractivity contribution in [2.24, 2.45) is 0 Å². The van der Waals surface area contributed by atoms with E-state index in [-0.39, 0.29) is 10.5 Å². The van der Waals surface area contributed by atoms with Crippen molar-refractivity contribution in [2.75, 3.05) is 6.54 Å². The molecule has 0 saturated heterocycles.